The van der Waals surface area contributed by atoms with Crippen LogP contribution in [0, 0.1) is 28.9 Å². The summed E-state index contributed by atoms with van der Waals surface area (Å²) >= 11 is 6.09. The van der Waals surface area contributed by atoms with Crippen molar-refractivity contribution in [2.24, 2.45) is 17.3 Å². The van der Waals surface area contributed by atoms with Crippen molar-refractivity contribution in [3.05, 3.63) is 35.4 Å². The molecule has 2 atom stereocenters. The Kier molecular flexibility index (Phi) is 2.66. The predicted octanol–water partition coefficient (Wildman–Crippen LogP) is 4.16. The van der Waals surface area contributed by atoms with Gasteiger partial charge in [-0.2, -0.15) is 0 Å². The minimum Gasteiger partial charge on any atom is -0.207 e. The largest absolute Gasteiger partial charge is 0.207 e. The van der Waals surface area contributed by atoms with E-state index in [0.717, 1.165) is 36.3 Å². The van der Waals surface area contributed by atoms with Gasteiger partial charge in [-0.15, -0.1) is 11.6 Å². The van der Waals surface area contributed by atoms with Crippen LogP contribution >= 0.6 is 11.6 Å². The zero-order valence-corrected chi connectivity index (χ0v) is 10.3. The van der Waals surface area contributed by atoms with Gasteiger partial charge in [-0.05, 0) is 60.6 Å². The Balaban J connectivity index is 1.80. The fourth-order valence-corrected chi connectivity index (χ4v) is 3.77. The third-order valence-electron chi connectivity index (χ3n) is 4.24. The summed E-state index contributed by atoms with van der Waals surface area (Å²) in [5.41, 5.74) is 0.819. The van der Waals surface area contributed by atoms with Crippen molar-refractivity contribution in [3.63, 3.8) is 0 Å². The molecule has 0 aliphatic heterocycles. The Hall–Kier alpha value is -0.630. The number of hydrogen-bond donors (Lipinski definition) is 0. The Morgan fingerprint density at radius 2 is 1.71 bits per heavy atom. The SMILES string of the molecule is Fc1cc(F)cc(CC2(CCl)CC3CC3C2)c1. The average molecular weight is 257 g/mol. The standard InChI is InChI=1S/C14H15ClF2/c15-8-14(6-10-3-11(10)7-14)5-9-1-12(16)4-13(17)2-9/h1-2,4,10-11H,3,5-8H2. The van der Waals surface area contributed by atoms with Crippen LogP contribution in [0.1, 0.15) is 24.8 Å². The molecule has 0 N–H and O–H groups in total. The summed E-state index contributed by atoms with van der Waals surface area (Å²) in [6.07, 6.45) is 4.28. The van der Waals surface area contributed by atoms with E-state index in [0.29, 0.717) is 12.3 Å². The molecule has 92 valence electrons. The van der Waals surface area contributed by atoms with Crippen molar-refractivity contribution in [1.29, 1.82) is 0 Å². The van der Waals surface area contributed by atoms with E-state index in [-0.39, 0.29) is 5.41 Å². The highest BCUT2D eigenvalue weighted by atomic mass is 35.5. The first-order valence-electron chi connectivity index (χ1n) is 6.11. The van der Waals surface area contributed by atoms with Crippen molar-refractivity contribution in [1.82, 2.24) is 0 Å². The monoisotopic (exact) mass is 256 g/mol. The molecular weight excluding hydrogens is 242 g/mol. The van der Waals surface area contributed by atoms with Gasteiger partial charge >= 0.3 is 0 Å². The maximum atomic E-state index is 13.1. The predicted molar refractivity (Wildman–Crippen MR) is 64.0 cm³/mol. The van der Waals surface area contributed by atoms with Gasteiger partial charge in [-0.25, -0.2) is 8.78 Å². The number of fused-ring (bicyclic) bond motifs is 1. The molecular formula is C14H15ClF2. The lowest BCUT2D eigenvalue weighted by Gasteiger charge is -2.28. The van der Waals surface area contributed by atoms with Gasteiger partial charge < -0.3 is 0 Å². The van der Waals surface area contributed by atoms with Gasteiger partial charge in [-0.3, -0.25) is 0 Å². The lowest BCUT2D eigenvalue weighted by molar-refractivity contribution is 0.302. The summed E-state index contributed by atoms with van der Waals surface area (Å²) in [7, 11) is 0. The molecule has 0 nitrogen and oxygen atoms in total. The fraction of sp³-hybridized carbons (Fsp3) is 0.571. The molecule has 0 heterocycles. The first-order valence-corrected chi connectivity index (χ1v) is 6.65. The number of halogens is 3. The van der Waals surface area contributed by atoms with Crippen molar-refractivity contribution >= 4 is 11.6 Å². The lowest BCUT2D eigenvalue weighted by Crippen LogP contribution is -2.24. The summed E-state index contributed by atoms with van der Waals surface area (Å²) in [6, 6.07) is 3.78. The van der Waals surface area contributed by atoms with Crippen LogP contribution in [0.5, 0.6) is 0 Å². The molecule has 1 aromatic rings. The van der Waals surface area contributed by atoms with Crippen molar-refractivity contribution < 1.29 is 8.78 Å². The molecule has 0 saturated heterocycles. The zero-order valence-electron chi connectivity index (χ0n) is 9.56. The van der Waals surface area contributed by atoms with Gasteiger partial charge in [0.2, 0.25) is 0 Å². The Morgan fingerprint density at radius 1 is 1.12 bits per heavy atom. The lowest BCUT2D eigenvalue weighted by atomic mass is 9.79. The van der Waals surface area contributed by atoms with Gasteiger partial charge in [0, 0.05) is 11.9 Å². The van der Waals surface area contributed by atoms with Crippen LogP contribution in [-0.2, 0) is 6.42 Å². The molecule has 2 aliphatic carbocycles. The molecule has 2 saturated carbocycles. The maximum Gasteiger partial charge on any atom is 0.126 e. The number of rotatable bonds is 3. The number of hydrogen-bond acceptors (Lipinski definition) is 0. The molecule has 17 heavy (non-hydrogen) atoms. The van der Waals surface area contributed by atoms with E-state index in [9.17, 15) is 8.78 Å². The molecule has 0 radical (unpaired) electrons. The third-order valence-corrected chi connectivity index (χ3v) is 4.81. The molecule has 0 amide bonds. The van der Waals surface area contributed by atoms with Crippen LogP contribution in [0.15, 0.2) is 18.2 Å². The highest BCUT2D eigenvalue weighted by Gasteiger charge is 2.53. The van der Waals surface area contributed by atoms with E-state index >= 15 is 0 Å². The van der Waals surface area contributed by atoms with Crippen molar-refractivity contribution in [2.75, 3.05) is 5.88 Å². The van der Waals surface area contributed by atoms with E-state index in [1.54, 1.807) is 0 Å². The van der Waals surface area contributed by atoms with Crippen molar-refractivity contribution in [2.45, 2.75) is 25.7 Å². The van der Waals surface area contributed by atoms with Crippen LogP contribution in [0.2, 0.25) is 0 Å². The average Bonchev–Trinajstić information content (AvgIpc) is 2.85. The van der Waals surface area contributed by atoms with E-state index in [4.69, 9.17) is 11.6 Å². The van der Waals surface area contributed by atoms with E-state index < -0.39 is 11.6 Å². The first kappa shape index (κ1) is 11.5. The number of alkyl halides is 1. The first-order chi connectivity index (χ1) is 8.10. The quantitative estimate of drug-likeness (QED) is 0.713. The molecule has 2 unspecified atom stereocenters. The molecule has 0 bridgehead atoms. The van der Waals surface area contributed by atoms with E-state index in [1.807, 2.05) is 0 Å². The second-order valence-corrected chi connectivity index (χ2v) is 6.02. The summed E-state index contributed by atoms with van der Waals surface area (Å²) in [6.45, 7) is 0. The Labute approximate surface area is 105 Å². The second kappa shape index (κ2) is 3.94. The molecule has 2 fully saturated rings. The molecule has 3 rings (SSSR count). The van der Waals surface area contributed by atoms with Crippen LogP contribution < -0.4 is 0 Å². The molecule has 0 aromatic heterocycles. The highest BCUT2D eigenvalue weighted by molar-refractivity contribution is 6.18. The van der Waals surface area contributed by atoms with Gasteiger partial charge in [0.15, 0.2) is 0 Å². The molecule has 0 spiro atoms. The molecule has 3 heteroatoms. The van der Waals surface area contributed by atoms with Crippen LogP contribution in [0.3, 0.4) is 0 Å². The van der Waals surface area contributed by atoms with Gasteiger partial charge in [0.05, 0.1) is 0 Å². The maximum absolute atomic E-state index is 13.1. The normalized spacial score (nSPS) is 34.8. The molecule has 2 aliphatic rings. The Bertz CT molecular complexity index is 414. The summed E-state index contributed by atoms with van der Waals surface area (Å²) in [4.78, 5) is 0. The number of benzene rings is 1. The second-order valence-electron chi connectivity index (χ2n) is 5.75. The molecule has 1 aromatic carbocycles. The smallest absolute Gasteiger partial charge is 0.126 e. The van der Waals surface area contributed by atoms with Gasteiger partial charge in [0.1, 0.15) is 11.6 Å². The van der Waals surface area contributed by atoms with Crippen LogP contribution in [0.4, 0.5) is 8.78 Å². The zero-order chi connectivity index (χ0) is 12.0. The minimum atomic E-state index is -0.493. The topological polar surface area (TPSA) is 0 Å². The highest BCUT2D eigenvalue weighted by Crippen LogP contribution is 2.61. The van der Waals surface area contributed by atoms with E-state index in [1.165, 1.54) is 18.6 Å². The van der Waals surface area contributed by atoms with Crippen LogP contribution in [-0.4, -0.2) is 5.88 Å². The van der Waals surface area contributed by atoms with Crippen LogP contribution in [0.25, 0.3) is 0 Å². The summed E-state index contributed by atoms with van der Waals surface area (Å²) in [5.74, 6) is 1.26. The Morgan fingerprint density at radius 3 is 2.24 bits per heavy atom. The third kappa shape index (κ3) is 2.20. The van der Waals surface area contributed by atoms with Gasteiger partial charge in [-0.1, -0.05) is 0 Å². The van der Waals surface area contributed by atoms with Crippen molar-refractivity contribution in [3.8, 4) is 0 Å². The fourth-order valence-electron chi connectivity index (χ4n) is 3.45. The summed E-state index contributed by atoms with van der Waals surface area (Å²) in [5, 5.41) is 0. The summed E-state index contributed by atoms with van der Waals surface area (Å²) < 4.78 is 26.3. The van der Waals surface area contributed by atoms with Gasteiger partial charge in [0.25, 0.3) is 0 Å². The van der Waals surface area contributed by atoms with E-state index in [2.05, 4.69) is 0 Å². The minimum absolute atomic E-state index is 0.0787.